The Balaban J connectivity index is 1.84. The molecular formula is C17H15F3N6O. The Morgan fingerprint density at radius 1 is 1.15 bits per heavy atom. The van der Waals surface area contributed by atoms with E-state index in [1.165, 1.54) is 36.4 Å². The highest BCUT2D eigenvalue weighted by Crippen LogP contribution is 2.30. The van der Waals surface area contributed by atoms with Gasteiger partial charge in [-0.15, -0.1) is 0 Å². The van der Waals surface area contributed by atoms with Gasteiger partial charge in [-0.05, 0) is 43.7 Å². The van der Waals surface area contributed by atoms with Crippen molar-refractivity contribution in [3.05, 3.63) is 65.5 Å². The monoisotopic (exact) mass is 376 g/mol. The lowest BCUT2D eigenvalue weighted by Crippen LogP contribution is -2.29. The van der Waals surface area contributed by atoms with Gasteiger partial charge in [-0.25, -0.2) is 15.0 Å². The first-order valence-corrected chi connectivity index (χ1v) is 7.93. The number of hydrogen-bond acceptors (Lipinski definition) is 5. The number of amides is 1. The second-order valence-corrected chi connectivity index (χ2v) is 5.86. The van der Waals surface area contributed by atoms with Crippen molar-refractivity contribution in [2.45, 2.75) is 26.1 Å². The van der Waals surface area contributed by atoms with Crippen molar-refractivity contribution >= 4 is 5.91 Å². The quantitative estimate of drug-likeness (QED) is 0.757. The largest absolute Gasteiger partial charge is 0.416 e. The van der Waals surface area contributed by atoms with Crippen molar-refractivity contribution in [3.63, 3.8) is 0 Å². The third kappa shape index (κ3) is 4.10. The van der Waals surface area contributed by atoms with Crippen LogP contribution in [0.25, 0.3) is 5.95 Å². The Hall–Kier alpha value is -3.30. The van der Waals surface area contributed by atoms with Crippen LogP contribution in [-0.4, -0.2) is 30.6 Å². The van der Waals surface area contributed by atoms with E-state index in [2.05, 4.69) is 25.4 Å². The van der Waals surface area contributed by atoms with Gasteiger partial charge in [0, 0.05) is 18.0 Å². The third-order valence-electron chi connectivity index (χ3n) is 3.72. The smallest absolute Gasteiger partial charge is 0.342 e. The van der Waals surface area contributed by atoms with Crippen LogP contribution in [0, 0.1) is 6.92 Å². The van der Waals surface area contributed by atoms with Gasteiger partial charge >= 0.3 is 6.18 Å². The Morgan fingerprint density at radius 2 is 1.85 bits per heavy atom. The molecule has 1 amide bonds. The number of halogens is 3. The zero-order valence-electron chi connectivity index (χ0n) is 14.4. The summed E-state index contributed by atoms with van der Waals surface area (Å²) in [4.78, 5) is 24.7. The lowest BCUT2D eigenvalue weighted by molar-refractivity contribution is -0.137. The van der Waals surface area contributed by atoms with E-state index in [4.69, 9.17) is 0 Å². The van der Waals surface area contributed by atoms with Gasteiger partial charge in [0.1, 0.15) is 6.33 Å². The van der Waals surface area contributed by atoms with E-state index in [9.17, 15) is 18.0 Å². The Morgan fingerprint density at radius 3 is 2.52 bits per heavy atom. The molecule has 0 saturated heterocycles. The van der Waals surface area contributed by atoms with Crippen molar-refractivity contribution in [2.24, 2.45) is 0 Å². The Bertz CT molecular complexity index is 955. The molecule has 10 heteroatoms. The molecule has 3 aromatic rings. The lowest BCUT2D eigenvalue weighted by Gasteiger charge is -2.15. The van der Waals surface area contributed by atoms with E-state index < -0.39 is 23.7 Å². The number of rotatable bonds is 4. The number of carbonyl (C=O) groups excluding carboxylic acids is 1. The van der Waals surface area contributed by atoms with Gasteiger partial charge in [0.05, 0.1) is 11.6 Å². The summed E-state index contributed by atoms with van der Waals surface area (Å²) < 4.78 is 40.3. The zero-order chi connectivity index (χ0) is 19.6. The molecule has 0 fully saturated rings. The number of alkyl halides is 3. The number of nitrogens with one attached hydrogen (secondary N) is 1. The SMILES string of the molecule is Cc1cc(C(=O)N[C@@H](C)c2ncnn2-c2ncccn2)cc(C(F)(F)F)c1. The van der Waals surface area contributed by atoms with Crippen LogP contribution in [0.1, 0.15) is 40.3 Å². The van der Waals surface area contributed by atoms with E-state index in [1.54, 1.807) is 13.0 Å². The average Bonchev–Trinajstić information content (AvgIpc) is 3.11. The molecule has 27 heavy (non-hydrogen) atoms. The molecule has 0 aliphatic carbocycles. The van der Waals surface area contributed by atoms with Crippen molar-refractivity contribution in [1.29, 1.82) is 0 Å². The molecule has 0 radical (unpaired) electrons. The lowest BCUT2D eigenvalue weighted by atomic mass is 10.1. The van der Waals surface area contributed by atoms with E-state index in [1.807, 2.05) is 0 Å². The summed E-state index contributed by atoms with van der Waals surface area (Å²) in [5, 5.41) is 6.66. The fraction of sp³-hybridized carbons (Fsp3) is 0.235. The van der Waals surface area contributed by atoms with Crippen LogP contribution >= 0.6 is 0 Å². The van der Waals surface area contributed by atoms with Crippen molar-refractivity contribution < 1.29 is 18.0 Å². The summed E-state index contributed by atoms with van der Waals surface area (Å²) in [5.41, 5.74) is -0.624. The summed E-state index contributed by atoms with van der Waals surface area (Å²) in [5.74, 6) is -0.0421. The van der Waals surface area contributed by atoms with Crippen LogP contribution in [0.2, 0.25) is 0 Å². The minimum Gasteiger partial charge on any atom is -0.342 e. The van der Waals surface area contributed by atoms with Crippen LogP contribution in [-0.2, 0) is 6.18 Å². The molecule has 0 bridgehead atoms. The Kier molecular flexibility index (Phi) is 4.89. The Labute approximate surface area is 152 Å². The molecule has 0 saturated carbocycles. The number of nitrogens with zero attached hydrogens (tertiary/aromatic N) is 5. The zero-order valence-corrected chi connectivity index (χ0v) is 14.4. The fourth-order valence-electron chi connectivity index (χ4n) is 2.52. The topological polar surface area (TPSA) is 85.6 Å². The van der Waals surface area contributed by atoms with Crippen LogP contribution in [0.4, 0.5) is 13.2 Å². The highest BCUT2D eigenvalue weighted by molar-refractivity contribution is 5.94. The standard InChI is InChI=1S/C17H15F3N6O/c1-10-6-12(8-13(7-10)17(18,19)20)15(27)25-11(2)14-23-9-24-26(14)16-21-4-3-5-22-16/h3-9,11H,1-2H3,(H,25,27)/t11-/m0/s1. The molecule has 3 rings (SSSR count). The maximum atomic E-state index is 13.0. The predicted molar refractivity (Wildman–Crippen MR) is 89.0 cm³/mol. The number of aromatic nitrogens is 5. The fourth-order valence-corrected chi connectivity index (χ4v) is 2.52. The maximum absolute atomic E-state index is 13.0. The van der Waals surface area contributed by atoms with Gasteiger partial charge in [-0.1, -0.05) is 0 Å². The average molecular weight is 376 g/mol. The van der Waals surface area contributed by atoms with Crippen molar-refractivity contribution in [3.8, 4) is 5.95 Å². The molecule has 0 aliphatic heterocycles. The van der Waals surface area contributed by atoms with Gasteiger partial charge in [-0.2, -0.15) is 23.0 Å². The highest BCUT2D eigenvalue weighted by atomic mass is 19.4. The molecule has 2 heterocycles. The molecule has 140 valence electrons. The molecule has 0 unspecified atom stereocenters. The second kappa shape index (κ2) is 7.14. The van der Waals surface area contributed by atoms with Crippen molar-refractivity contribution in [1.82, 2.24) is 30.0 Å². The number of carbonyl (C=O) groups is 1. The molecule has 2 aromatic heterocycles. The van der Waals surface area contributed by atoms with Gasteiger partial charge in [0.2, 0.25) is 0 Å². The first-order valence-electron chi connectivity index (χ1n) is 7.93. The number of benzene rings is 1. The molecule has 1 N–H and O–H groups in total. The van der Waals surface area contributed by atoms with Gasteiger partial charge in [-0.3, -0.25) is 4.79 Å². The summed E-state index contributed by atoms with van der Waals surface area (Å²) in [7, 11) is 0. The third-order valence-corrected chi connectivity index (χ3v) is 3.72. The van der Waals surface area contributed by atoms with E-state index in [0.29, 0.717) is 11.4 Å². The van der Waals surface area contributed by atoms with Crippen molar-refractivity contribution in [2.75, 3.05) is 0 Å². The van der Waals surface area contributed by atoms with Gasteiger partial charge in [0.25, 0.3) is 11.9 Å². The summed E-state index contributed by atoms with van der Waals surface area (Å²) in [6, 6.07) is 4.20. The minimum atomic E-state index is -4.53. The van der Waals surface area contributed by atoms with E-state index in [0.717, 1.165) is 12.1 Å². The number of aryl methyl sites for hydroxylation is 1. The first kappa shape index (κ1) is 18.5. The van der Waals surface area contributed by atoms with Gasteiger partial charge < -0.3 is 5.32 Å². The molecule has 1 atom stereocenters. The summed E-state index contributed by atoms with van der Waals surface area (Å²) >= 11 is 0. The highest BCUT2D eigenvalue weighted by Gasteiger charge is 2.31. The maximum Gasteiger partial charge on any atom is 0.416 e. The van der Waals surface area contributed by atoms with Crippen LogP contribution < -0.4 is 5.32 Å². The molecule has 1 aromatic carbocycles. The normalized spacial score (nSPS) is 12.6. The van der Waals surface area contributed by atoms with Crippen LogP contribution in [0.3, 0.4) is 0 Å². The van der Waals surface area contributed by atoms with E-state index >= 15 is 0 Å². The molecule has 0 spiro atoms. The molecular weight excluding hydrogens is 361 g/mol. The summed E-state index contributed by atoms with van der Waals surface area (Å²) in [6.07, 6.45) is -0.189. The first-order chi connectivity index (χ1) is 12.8. The molecule has 0 aliphatic rings. The minimum absolute atomic E-state index is 0.0869. The second-order valence-electron chi connectivity index (χ2n) is 5.86. The van der Waals surface area contributed by atoms with Crippen LogP contribution in [0.5, 0.6) is 0 Å². The summed E-state index contributed by atoms with van der Waals surface area (Å²) in [6.45, 7) is 3.14. The number of hydrogen-bond donors (Lipinski definition) is 1. The van der Waals surface area contributed by atoms with E-state index in [-0.39, 0.29) is 11.5 Å². The van der Waals surface area contributed by atoms with Crippen LogP contribution in [0.15, 0.2) is 43.0 Å². The predicted octanol–water partition coefficient (Wildman–Crippen LogP) is 2.88. The molecule has 7 nitrogen and oxygen atoms in total. The van der Waals surface area contributed by atoms with Gasteiger partial charge in [0.15, 0.2) is 5.82 Å².